The van der Waals surface area contributed by atoms with E-state index in [1.807, 2.05) is 4.90 Å². The first-order valence-corrected chi connectivity index (χ1v) is 9.20. The number of nitro groups is 1. The summed E-state index contributed by atoms with van der Waals surface area (Å²) in [6.45, 7) is 7.52. The molecule has 0 bridgehead atoms. The summed E-state index contributed by atoms with van der Waals surface area (Å²) >= 11 is 0. The molecule has 1 aromatic heterocycles. The van der Waals surface area contributed by atoms with Crippen LogP contribution in [0.15, 0.2) is 34.7 Å². The number of carbonyl (C=O) groups is 2. The highest BCUT2D eigenvalue weighted by atomic mass is 16.6. The van der Waals surface area contributed by atoms with Crippen LogP contribution in [0.3, 0.4) is 0 Å². The number of hydrogen-bond acceptors (Lipinski definition) is 5. The molecule has 2 amide bonds. The number of furan rings is 1. The van der Waals surface area contributed by atoms with Gasteiger partial charge in [0, 0.05) is 24.3 Å². The van der Waals surface area contributed by atoms with Crippen molar-refractivity contribution in [2.45, 2.75) is 27.2 Å². The highest BCUT2D eigenvalue weighted by Gasteiger charge is 2.26. The molecular formula is C20H23N3O5. The third kappa shape index (κ3) is 4.21. The second kappa shape index (κ2) is 7.84. The first-order chi connectivity index (χ1) is 13.2. The molecule has 1 N–H and O–H groups in total. The van der Waals surface area contributed by atoms with Gasteiger partial charge in [0.05, 0.1) is 6.07 Å². The van der Waals surface area contributed by atoms with E-state index in [1.165, 1.54) is 6.07 Å². The number of aryl methyl sites for hydroxylation is 1. The molecule has 28 heavy (non-hydrogen) atoms. The molecule has 0 spiro atoms. The topological polar surface area (TPSA) is 106 Å². The van der Waals surface area contributed by atoms with E-state index >= 15 is 0 Å². The molecule has 8 heteroatoms. The summed E-state index contributed by atoms with van der Waals surface area (Å²) < 4.78 is 4.93. The fraction of sp³-hybridized carbons (Fsp3) is 0.400. The molecule has 1 fully saturated rings. The van der Waals surface area contributed by atoms with E-state index in [0.717, 1.165) is 31.1 Å². The molecule has 0 aliphatic carbocycles. The minimum atomic E-state index is -0.706. The zero-order chi connectivity index (χ0) is 20.4. The van der Waals surface area contributed by atoms with Gasteiger partial charge in [-0.15, -0.1) is 0 Å². The monoisotopic (exact) mass is 385 g/mol. The maximum atomic E-state index is 12.9. The quantitative estimate of drug-likeness (QED) is 0.635. The molecule has 2 atom stereocenters. The standard InChI is InChI=1S/C20H23N3O5/c1-12-8-13(2)11-22(10-12)20(25)15-5-4-14(3)16(9-15)21-19(24)17-6-7-18(28-17)23(26)27/h4-7,9,12-13H,8,10-11H2,1-3H3,(H,21,24). The zero-order valence-corrected chi connectivity index (χ0v) is 16.1. The van der Waals surface area contributed by atoms with Crippen LogP contribution in [0.5, 0.6) is 0 Å². The van der Waals surface area contributed by atoms with Gasteiger partial charge in [0.2, 0.25) is 0 Å². The van der Waals surface area contributed by atoms with Crippen LogP contribution in [-0.4, -0.2) is 34.7 Å². The van der Waals surface area contributed by atoms with E-state index in [0.29, 0.717) is 23.1 Å². The molecule has 0 saturated carbocycles. The summed E-state index contributed by atoms with van der Waals surface area (Å²) in [6, 6.07) is 7.52. The van der Waals surface area contributed by atoms with Crippen molar-refractivity contribution in [1.29, 1.82) is 0 Å². The second-order valence-corrected chi connectivity index (χ2v) is 7.53. The average Bonchev–Trinajstić information content (AvgIpc) is 3.13. The van der Waals surface area contributed by atoms with Crippen LogP contribution in [0.4, 0.5) is 11.6 Å². The van der Waals surface area contributed by atoms with Crippen molar-refractivity contribution in [3.8, 4) is 0 Å². The van der Waals surface area contributed by atoms with E-state index in [2.05, 4.69) is 19.2 Å². The smallest absolute Gasteiger partial charge is 0.395 e. The zero-order valence-electron chi connectivity index (χ0n) is 16.1. The van der Waals surface area contributed by atoms with E-state index in [-0.39, 0.29) is 11.7 Å². The van der Waals surface area contributed by atoms with Crippen LogP contribution in [0, 0.1) is 28.9 Å². The van der Waals surface area contributed by atoms with Crippen LogP contribution in [0.1, 0.15) is 46.7 Å². The Morgan fingerprint density at radius 2 is 1.86 bits per heavy atom. The Hall–Kier alpha value is -3.16. The Kier molecular flexibility index (Phi) is 5.48. The molecule has 148 valence electrons. The number of carbonyl (C=O) groups excluding carboxylic acids is 2. The first kappa shape index (κ1) is 19.6. The van der Waals surface area contributed by atoms with E-state index < -0.39 is 16.7 Å². The number of piperidine rings is 1. The van der Waals surface area contributed by atoms with Crippen LogP contribution < -0.4 is 5.32 Å². The Bertz CT molecular complexity index is 910. The van der Waals surface area contributed by atoms with Crippen molar-refractivity contribution in [3.63, 3.8) is 0 Å². The fourth-order valence-corrected chi connectivity index (χ4v) is 3.63. The lowest BCUT2D eigenvalue weighted by atomic mass is 9.91. The van der Waals surface area contributed by atoms with Crippen molar-refractivity contribution in [3.05, 3.63) is 57.3 Å². The van der Waals surface area contributed by atoms with Crippen molar-refractivity contribution < 1.29 is 18.9 Å². The maximum absolute atomic E-state index is 12.9. The van der Waals surface area contributed by atoms with Crippen LogP contribution in [-0.2, 0) is 0 Å². The number of nitrogens with one attached hydrogen (secondary N) is 1. The lowest BCUT2D eigenvalue weighted by Gasteiger charge is -2.35. The van der Waals surface area contributed by atoms with Crippen LogP contribution in [0.25, 0.3) is 0 Å². The Labute approximate surface area is 162 Å². The second-order valence-electron chi connectivity index (χ2n) is 7.53. The molecule has 2 aromatic rings. The summed E-state index contributed by atoms with van der Waals surface area (Å²) in [5.74, 6) is -0.441. The fourth-order valence-electron chi connectivity index (χ4n) is 3.63. The molecule has 3 rings (SSSR count). The molecule has 2 heterocycles. The number of hydrogen-bond donors (Lipinski definition) is 1. The van der Waals surface area contributed by atoms with Crippen molar-refractivity contribution in [1.82, 2.24) is 4.90 Å². The van der Waals surface area contributed by atoms with Gasteiger partial charge < -0.3 is 14.6 Å². The van der Waals surface area contributed by atoms with Gasteiger partial charge in [-0.1, -0.05) is 19.9 Å². The summed E-state index contributed by atoms with van der Waals surface area (Å²) in [6.07, 6.45) is 1.11. The van der Waals surface area contributed by atoms with Gasteiger partial charge in [-0.05, 0) is 48.9 Å². The number of benzene rings is 1. The van der Waals surface area contributed by atoms with Gasteiger partial charge in [0.25, 0.3) is 11.8 Å². The molecule has 8 nitrogen and oxygen atoms in total. The Morgan fingerprint density at radius 1 is 1.18 bits per heavy atom. The maximum Gasteiger partial charge on any atom is 0.433 e. The van der Waals surface area contributed by atoms with Gasteiger partial charge >= 0.3 is 5.88 Å². The summed E-state index contributed by atoms with van der Waals surface area (Å²) in [5.41, 5.74) is 1.73. The highest BCUT2D eigenvalue weighted by molar-refractivity contribution is 6.04. The summed E-state index contributed by atoms with van der Waals surface area (Å²) in [4.78, 5) is 37.1. The third-order valence-corrected chi connectivity index (χ3v) is 4.88. The predicted octanol–water partition coefficient (Wildman–Crippen LogP) is 3.87. The number of nitrogens with zero attached hydrogens (tertiary/aromatic N) is 2. The summed E-state index contributed by atoms with van der Waals surface area (Å²) in [5, 5.41) is 13.4. The number of likely N-dealkylation sites (tertiary alicyclic amines) is 1. The highest BCUT2D eigenvalue weighted by Crippen LogP contribution is 2.25. The van der Waals surface area contributed by atoms with E-state index in [4.69, 9.17) is 4.42 Å². The molecule has 2 unspecified atom stereocenters. The van der Waals surface area contributed by atoms with Crippen LogP contribution >= 0.6 is 0 Å². The van der Waals surface area contributed by atoms with Crippen molar-refractivity contribution in [2.75, 3.05) is 18.4 Å². The molecule has 1 aliphatic rings. The number of anilines is 1. The lowest BCUT2D eigenvalue weighted by molar-refractivity contribution is -0.402. The Balaban J connectivity index is 1.78. The molecule has 1 aromatic carbocycles. The SMILES string of the molecule is Cc1ccc(C(=O)N2CC(C)CC(C)C2)cc1NC(=O)c1ccc([N+](=O)[O-])o1. The van der Waals surface area contributed by atoms with E-state index in [1.54, 1.807) is 25.1 Å². The molecular weight excluding hydrogens is 362 g/mol. The third-order valence-electron chi connectivity index (χ3n) is 4.88. The minimum Gasteiger partial charge on any atom is -0.395 e. The molecule has 1 saturated heterocycles. The Morgan fingerprint density at radius 3 is 2.46 bits per heavy atom. The van der Waals surface area contributed by atoms with E-state index in [9.17, 15) is 19.7 Å². The van der Waals surface area contributed by atoms with Crippen molar-refractivity contribution in [2.24, 2.45) is 11.8 Å². The molecule has 0 radical (unpaired) electrons. The average molecular weight is 385 g/mol. The van der Waals surface area contributed by atoms with Gasteiger partial charge in [-0.25, -0.2) is 0 Å². The van der Waals surface area contributed by atoms with Gasteiger partial charge in [-0.3, -0.25) is 19.7 Å². The van der Waals surface area contributed by atoms with Crippen LogP contribution in [0.2, 0.25) is 0 Å². The number of rotatable bonds is 4. The van der Waals surface area contributed by atoms with Gasteiger partial charge in [0.1, 0.15) is 4.92 Å². The van der Waals surface area contributed by atoms with Crippen molar-refractivity contribution >= 4 is 23.4 Å². The minimum absolute atomic E-state index is 0.0671. The first-order valence-electron chi connectivity index (χ1n) is 9.20. The number of amides is 2. The van der Waals surface area contributed by atoms with Gasteiger partial charge in [0.15, 0.2) is 5.76 Å². The lowest BCUT2D eigenvalue weighted by Crippen LogP contribution is -2.42. The van der Waals surface area contributed by atoms with Gasteiger partial charge in [-0.2, -0.15) is 0 Å². The normalized spacial score (nSPS) is 19.3. The summed E-state index contributed by atoms with van der Waals surface area (Å²) in [7, 11) is 0. The largest absolute Gasteiger partial charge is 0.433 e. The molecule has 1 aliphatic heterocycles. The predicted molar refractivity (Wildman–Crippen MR) is 103 cm³/mol.